The molecule has 3 heteroatoms. The lowest BCUT2D eigenvalue weighted by Crippen LogP contribution is -1.88. The molecule has 0 N–H and O–H groups in total. The zero-order valence-corrected chi connectivity index (χ0v) is 11.1. The van der Waals surface area contributed by atoms with Crippen molar-refractivity contribution in [2.45, 2.75) is 6.42 Å². The Balaban J connectivity index is 2.36. The molecule has 0 saturated carbocycles. The fourth-order valence-electron chi connectivity index (χ4n) is 2.13. The Hall–Kier alpha value is -0.970. The van der Waals surface area contributed by atoms with Crippen molar-refractivity contribution in [2.75, 3.05) is 13.7 Å². The van der Waals surface area contributed by atoms with Gasteiger partial charge in [0.2, 0.25) is 0 Å². The summed E-state index contributed by atoms with van der Waals surface area (Å²) in [5.41, 5.74) is 1.33. The molecule has 1 aliphatic rings. The van der Waals surface area contributed by atoms with Gasteiger partial charge in [0.1, 0.15) is 11.5 Å². The van der Waals surface area contributed by atoms with Crippen LogP contribution in [0.25, 0.3) is 10.8 Å². The van der Waals surface area contributed by atoms with Crippen LogP contribution < -0.4 is 9.47 Å². The first-order valence-corrected chi connectivity index (χ1v) is 6.29. The third-order valence-corrected chi connectivity index (χ3v) is 3.91. The number of rotatable bonds is 1. The predicted octanol–water partition coefficient (Wildman–Crippen LogP) is 3.39. The lowest BCUT2D eigenvalue weighted by Gasteiger charge is -2.08. The number of hydrogen-bond acceptors (Lipinski definition) is 2. The van der Waals surface area contributed by atoms with E-state index in [1.165, 1.54) is 14.5 Å². The van der Waals surface area contributed by atoms with Crippen molar-refractivity contribution in [1.82, 2.24) is 0 Å². The van der Waals surface area contributed by atoms with Gasteiger partial charge in [-0.05, 0) is 46.2 Å². The monoisotopic (exact) mass is 326 g/mol. The van der Waals surface area contributed by atoms with Gasteiger partial charge in [-0.2, -0.15) is 0 Å². The van der Waals surface area contributed by atoms with Crippen LogP contribution in [0.3, 0.4) is 0 Å². The second-order valence-corrected chi connectivity index (χ2v) is 5.01. The summed E-state index contributed by atoms with van der Waals surface area (Å²) in [6, 6.07) is 8.33. The normalized spacial score (nSPS) is 13.6. The fraction of sp³-hybridized carbons (Fsp3) is 0.231. The fourth-order valence-corrected chi connectivity index (χ4v) is 2.98. The summed E-state index contributed by atoms with van der Waals surface area (Å²) >= 11 is 2.38. The molecule has 82 valence electrons. The molecule has 0 bridgehead atoms. The minimum atomic E-state index is 0.793. The van der Waals surface area contributed by atoms with Crippen LogP contribution in [0.5, 0.6) is 11.5 Å². The second kappa shape index (κ2) is 3.80. The third-order valence-electron chi connectivity index (χ3n) is 2.95. The van der Waals surface area contributed by atoms with E-state index in [0.29, 0.717) is 0 Å². The summed E-state index contributed by atoms with van der Waals surface area (Å²) in [4.78, 5) is 0. The summed E-state index contributed by atoms with van der Waals surface area (Å²) in [6.45, 7) is 0.793. The summed E-state index contributed by atoms with van der Waals surface area (Å²) in [5.74, 6) is 1.92. The molecule has 2 aromatic rings. The lowest BCUT2D eigenvalue weighted by molar-refractivity contribution is 0.360. The number of benzene rings is 2. The highest BCUT2D eigenvalue weighted by molar-refractivity contribution is 14.1. The van der Waals surface area contributed by atoms with Crippen molar-refractivity contribution in [2.24, 2.45) is 0 Å². The molecule has 0 aromatic heterocycles. The molecular weight excluding hydrogens is 315 g/mol. The lowest BCUT2D eigenvalue weighted by atomic mass is 10.0. The van der Waals surface area contributed by atoms with Crippen molar-refractivity contribution >= 4 is 33.4 Å². The Labute approximate surface area is 108 Å². The highest BCUT2D eigenvalue weighted by Gasteiger charge is 2.18. The minimum Gasteiger partial charge on any atom is -0.497 e. The molecule has 1 aliphatic heterocycles. The zero-order valence-electron chi connectivity index (χ0n) is 8.92. The molecule has 0 saturated heterocycles. The molecule has 0 spiro atoms. The van der Waals surface area contributed by atoms with Crippen LogP contribution in [-0.2, 0) is 6.42 Å². The summed E-state index contributed by atoms with van der Waals surface area (Å²) in [6.07, 6.45) is 1.01. The molecule has 0 atom stereocenters. The van der Waals surface area contributed by atoms with Crippen molar-refractivity contribution in [3.05, 3.63) is 33.4 Å². The van der Waals surface area contributed by atoms with Crippen molar-refractivity contribution in [3.8, 4) is 11.5 Å². The van der Waals surface area contributed by atoms with E-state index in [1.807, 2.05) is 6.07 Å². The van der Waals surface area contributed by atoms with Gasteiger partial charge in [0.25, 0.3) is 0 Å². The molecule has 2 nitrogen and oxygen atoms in total. The second-order valence-electron chi connectivity index (χ2n) is 3.85. The van der Waals surface area contributed by atoms with Gasteiger partial charge >= 0.3 is 0 Å². The number of fused-ring (bicyclic) bond motifs is 3. The molecule has 0 aliphatic carbocycles. The van der Waals surface area contributed by atoms with E-state index in [9.17, 15) is 0 Å². The van der Waals surface area contributed by atoms with Crippen LogP contribution in [-0.4, -0.2) is 13.7 Å². The minimum absolute atomic E-state index is 0.793. The Bertz CT molecular complexity index is 563. The van der Waals surface area contributed by atoms with Crippen LogP contribution in [0.2, 0.25) is 0 Å². The summed E-state index contributed by atoms with van der Waals surface area (Å²) in [7, 11) is 1.69. The zero-order chi connectivity index (χ0) is 11.1. The first-order valence-electron chi connectivity index (χ1n) is 5.21. The van der Waals surface area contributed by atoms with E-state index < -0.39 is 0 Å². The highest BCUT2D eigenvalue weighted by atomic mass is 127. The number of hydrogen-bond donors (Lipinski definition) is 0. The molecule has 2 aromatic carbocycles. The maximum atomic E-state index is 5.73. The number of ether oxygens (including phenoxy) is 2. The first kappa shape index (κ1) is 10.2. The maximum Gasteiger partial charge on any atom is 0.131 e. The van der Waals surface area contributed by atoms with Crippen molar-refractivity contribution in [1.29, 1.82) is 0 Å². The first-order chi connectivity index (χ1) is 7.79. The average Bonchev–Trinajstić information content (AvgIpc) is 2.78. The van der Waals surface area contributed by atoms with Gasteiger partial charge in [-0.1, -0.05) is 6.07 Å². The SMILES string of the molecule is COc1ccc2cc(I)c3c(c2c1)OCC3. The topological polar surface area (TPSA) is 18.5 Å². The standard InChI is InChI=1S/C13H11IO2/c1-15-9-3-2-8-6-12(14)10-4-5-16-13(10)11(8)7-9/h2-3,6-7H,4-5H2,1H3. The number of halogens is 1. The molecule has 0 unspecified atom stereocenters. The van der Waals surface area contributed by atoms with Crippen LogP contribution >= 0.6 is 22.6 Å². The molecular formula is C13H11IO2. The van der Waals surface area contributed by atoms with Gasteiger partial charge in [0.15, 0.2) is 0 Å². The predicted molar refractivity (Wildman–Crippen MR) is 72.4 cm³/mol. The van der Waals surface area contributed by atoms with E-state index in [-0.39, 0.29) is 0 Å². The van der Waals surface area contributed by atoms with Gasteiger partial charge < -0.3 is 9.47 Å². The van der Waals surface area contributed by atoms with Crippen LogP contribution in [0, 0.1) is 3.57 Å². The Kier molecular flexibility index (Phi) is 2.42. The van der Waals surface area contributed by atoms with Crippen LogP contribution in [0.15, 0.2) is 24.3 Å². The van der Waals surface area contributed by atoms with E-state index in [0.717, 1.165) is 29.9 Å². The van der Waals surface area contributed by atoms with E-state index in [4.69, 9.17) is 9.47 Å². The molecule has 0 fully saturated rings. The Morgan fingerprint density at radius 3 is 3.00 bits per heavy atom. The highest BCUT2D eigenvalue weighted by Crippen LogP contribution is 2.38. The van der Waals surface area contributed by atoms with Crippen molar-refractivity contribution in [3.63, 3.8) is 0 Å². The molecule has 1 heterocycles. The van der Waals surface area contributed by atoms with Gasteiger partial charge in [-0.3, -0.25) is 0 Å². The Morgan fingerprint density at radius 1 is 1.31 bits per heavy atom. The van der Waals surface area contributed by atoms with Gasteiger partial charge in [-0.25, -0.2) is 0 Å². The summed E-state index contributed by atoms with van der Waals surface area (Å²) in [5, 5.41) is 2.37. The largest absolute Gasteiger partial charge is 0.497 e. The average molecular weight is 326 g/mol. The maximum absolute atomic E-state index is 5.73. The number of methoxy groups -OCH3 is 1. The van der Waals surface area contributed by atoms with E-state index in [2.05, 4.69) is 40.8 Å². The van der Waals surface area contributed by atoms with Gasteiger partial charge in [0, 0.05) is 20.9 Å². The smallest absolute Gasteiger partial charge is 0.131 e. The molecule has 0 radical (unpaired) electrons. The Morgan fingerprint density at radius 2 is 2.19 bits per heavy atom. The third kappa shape index (κ3) is 1.45. The quantitative estimate of drug-likeness (QED) is 0.748. The molecule has 0 amide bonds. The van der Waals surface area contributed by atoms with Crippen LogP contribution in [0.1, 0.15) is 5.56 Å². The van der Waals surface area contributed by atoms with E-state index in [1.54, 1.807) is 7.11 Å². The van der Waals surface area contributed by atoms with Gasteiger partial charge in [0.05, 0.1) is 13.7 Å². The molecule has 3 rings (SSSR count). The summed E-state index contributed by atoms with van der Waals surface area (Å²) < 4.78 is 12.3. The van der Waals surface area contributed by atoms with Crippen LogP contribution in [0.4, 0.5) is 0 Å². The van der Waals surface area contributed by atoms with Crippen molar-refractivity contribution < 1.29 is 9.47 Å². The van der Waals surface area contributed by atoms with Gasteiger partial charge in [-0.15, -0.1) is 0 Å². The van der Waals surface area contributed by atoms with E-state index >= 15 is 0 Å². The molecule has 16 heavy (non-hydrogen) atoms.